The van der Waals surface area contributed by atoms with Crippen molar-refractivity contribution >= 4 is 16.8 Å². The first kappa shape index (κ1) is 14.5. The minimum Gasteiger partial charge on any atom is -0.355 e. The van der Waals surface area contributed by atoms with Crippen molar-refractivity contribution in [3.63, 3.8) is 0 Å². The van der Waals surface area contributed by atoms with Crippen molar-refractivity contribution in [1.82, 2.24) is 15.2 Å². The van der Waals surface area contributed by atoms with Crippen molar-refractivity contribution in [2.24, 2.45) is 0 Å². The maximum Gasteiger partial charge on any atom is 0.220 e. The average Bonchev–Trinajstić information content (AvgIpc) is 2.44. The van der Waals surface area contributed by atoms with Gasteiger partial charge in [-0.1, -0.05) is 24.3 Å². The van der Waals surface area contributed by atoms with Crippen molar-refractivity contribution in [2.45, 2.75) is 12.8 Å². The molecule has 2 rings (SSSR count). The minimum atomic E-state index is 0.0850. The van der Waals surface area contributed by atoms with E-state index >= 15 is 0 Å². The van der Waals surface area contributed by atoms with E-state index in [4.69, 9.17) is 0 Å². The Balaban J connectivity index is 1.84. The largest absolute Gasteiger partial charge is 0.355 e. The summed E-state index contributed by atoms with van der Waals surface area (Å²) in [5.74, 6) is 0.0850. The fourth-order valence-electron chi connectivity index (χ4n) is 2.00. The number of nitrogens with one attached hydrogen (secondary N) is 1. The molecule has 0 fully saturated rings. The van der Waals surface area contributed by atoms with Gasteiger partial charge in [-0.05, 0) is 32.6 Å². The molecule has 1 aromatic carbocycles. The third-order valence-corrected chi connectivity index (χ3v) is 3.15. The van der Waals surface area contributed by atoms with Gasteiger partial charge in [0.2, 0.25) is 5.91 Å². The zero-order valence-corrected chi connectivity index (χ0v) is 12.1. The maximum absolute atomic E-state index is 11.7. The number of amides is 1. The normalized spacial score (nSPS) is 10.9. The molecule has 0 aliphatic rings. The SMILES string of the molecule is CN(C)CCNC(=O)CCc1ccc2ccccc2n1. The molecule has 20 heavy (non-hydrogen) atoms. The zero-order chi connectivity index (χ0) is 14.4. The molecule has 0 aliphatic heterocycles. The van der Waals surface area contributed by atoms with Gasteiger partial charge in [0.05, 0.1) is 5.52 Å². The predicted molar refractivity (Wildman–Crippen MR) is 81.6 cm³/mol. The number of nitrogens with zero attached hydrogens (tertiary/aromatic N) is 2. The lowest BCUT2D eigenvalue weighted by Gasteiger charge is -2.10. The van der Waals surface area contributed by atoms with Gasteiger partial charge in [0.15, 0.2) is 0 Å². The Bertz CT molecular complexity index is 581. The van der Waals surface area contributed by atoms with Crippen LogP contribution in [0.25, 0.3) is 10.9 Å². The molecular formula is C16H21N3O. The second kappa shape index (κ2) is 7.01. The van der Waals surface area contributed by atoms with E-state index < -0.39 is 0 Å². The van der Waals surface area contributed by atoms with Crippen molar-refractivity contribution in [2.75, 3.05) is 27.2 Å². The fourth-order valence-corrected chi connectivity index (χ4v) is 2.00. The number of rotatable bonds is 6. The van der Waals surface area contributed by atoms with E-state index in [1.165, 1.54) is 0 Å². The molecule has 1 N–H and O–H groups in total. The van der Waals surface area contributed by atoms with Crippen LogP contribution in [0.4, 0.5) is 0 Å². The van der Waals surface area contributed by atoms with Gasteiger partial charge in [0, 0.05) is 30.6 Å². The van der Waals surface area contributed by atoms with Crippen LogP contribution in [0.1, 0.15) is 12.1 Å². The number of carbonyl (C=O) groups excluding carboxylic acids is 1. The van der Waals surface area contributed by atoms with Gasteiger partial charge in [0.1, 0.15) is 0 Å². The number of hydrogen-bond donors (Lipinski definition) is 1. The molecule has 0 saturated carbocycles. The summed E-state index contributed by atoms with van der Waals surface area (Å²) in [5, 5.41) is 4.04. The topological polar surface area (TPSA) is 45.2 Å². The number of aryl methyl sites for hydroxylation is 1. The van der Waals surface area contributed by atoms with Gasteiger partial charge in [-0.2, -0.15) is 0 Å². The molecule has 4 heteroatoms. The molecule has 1 heterocycles. The first-order valence-corrected chi connectivity index (χ1v) is 6.91. The van der Waals surface area contributed by atoms with Crippen molar-refractivity contribution in [3.05, 3.63) is 42.1 Å². The van der Waals surface area contributed by atoms with E-state index in [-0.39, 0.29) is 5.91 Å². The summed E-state index contributed by atoms with van der Waals surface area (Å²) in [7, 11) is 3.98. The van der Waals surface area contributed by atoms with Gasteiger partial charge in [-0.3, -0.25) is 9.78 Å². The van der Waals surface area contributed by atoms with Gasteiger partial charge in [-0.15, -0.1) is 0 Å². The first-order chi connectivity index (χ1) is 9.65. The highest BCUT2D eigenvalue weighted by Gasteiger charge is 2.04. The number of hydrogen-bond acceptors (Lipinski definition) is 3. The highest BCUT2D eigenvalue weighted by molar-refractivity contribution is 5.79. The van der Waals surface area contributed by atoms with Crippen molar-refractivity contribution in [3.8, 4) is 0 Å². The molecular weight excluding hydrogens is 250 g/mol. The number of para-hydroxylation sites is 1. The van der Waals surface area contributed by atoms with Gasteiger partial charge < -0.3 is 10.2 Å². The molecule has 0 bridgehead atoms. The van der Waals surface area contributed by atoms with Crippen LogP contribution in [0.5, 0.6) is 0 Å². The third kappa shape index (κ3) is 4.31. The number of fused-ring (bicyclic) bond motifs is 1. The molecule has 106 valence electrons. The summed E-state index contributed by atoms with van der Waals surface area (Å²) >= 11 is 0. The van der Waals surface area contributed by atoms with E-state index in [1.54, 1.807) is 0 Å². The molecule has 0 spiro atoms. The fraction of sp³-hybridized carbons (Fsp3) is 0.375. The zero-order valence-electron chi connectivity index (χ0n) is 12.1. The molecule has 1 amide bonds. The summed E-state index contributed by atoms with van der Waals surface area (Å²) in [5.41, 5.74) is 1.95. The van der Waals surface area contributed by atoms with Crippen LogP contribution in [0.3, 0.4) is 0 Å². The van der Waals surface area contributed by atoms with E-state index in [0.717, 1.165) is 23.1 Å². The van der Waals surface area contributed by atoms with Crippen LogP contribution in [-0.4, -0.2) is 43.0 Å². The van der Waals surface area contributed by atoms with Gasteiger partial charge >= 0.3 is 0 Å². The Morgan fingerprint density at radius 3 is 2.80 bits per heavy atom. The lowest BCUT2D eigenvalue weighted by atomic mass is 10.1. The molecule has 0 unspecified atom stereocenters. The Kier molecular flexibility index (Phi) is 5.07. The first-order valence-electron chi connectivity index (χ1n) is 6.91. The summed E-state index contributed by atoms with van der Waals surface area (Å²) < 4.78 is 0. The molecule has 2 aromatic rings. The molecule has 0 aliphatic carbocycles. The molecule has 1 aromatic heterocycles. The van der Waals surface area contributed by atoms with E-state index in [0.29, 0.717) is 19.4 Å². The molecule has 0 radical (unpaired) electrons. The number of carbonyl (C=O) groups is 1. The van der Waals surface area contributed by atoms with E-state index in [9.17, 15) is 4.79 Å². The Labute approximate surface area is 119 Å². The lowest BCUT2D eigenvalue weighted by Crippen LogP contribution is -2.31. The highest BCUT2D eigenvalue weighted by atomic mass is 16.1. The van der Waals surface area contributed by atoms with Crippen LogP contribution < -0.4 is 5.32 Å². The monoisotopic (exact) mass is 271 g/mol. The standard InChI is InChI=1S/C16H21N3O/c1-19(2)12-11-17-16(20)10-9-14-8-7-13-5-3-4-6-15(13)18-14/h3-8H,9-12H2,1-2H3,(H,17,20). The number of pyridine rings is 1. The van der Waals surface area contributed by atoms with E-state index in [2.05, 4.69) is 16.4 Å². The highest BCUT2D eigenvalue weighted by Crippen LogP contribution is 2.12. The van der Waals surface area contributed by atoms with Crippen LogP contribution in [0.15, 0.2) is 36.4 Å². The van der Waals surface area contributed by atoms with Crippen molar-refractivity contribution < 1.29 is 4.79 Å². The summed E-state index contributed by atoms with van der Waals surface area (Å²) in [6, 6.07) is 12.1. The summed E-state index contributed by atoms with van der Waals surface area (Å²) in [4.78, 5) is 18.3. The molecule has 0 atom stereocenters. The minimum absolute atomic E-state index is 0.0850. The Hall–Kier alpha value is -1.94. The average molecular weight is 271 g/mol. The summed E-state index contributed by atoms with van der Waals surface area (Å²) in [6.07, 6.45) is 1.16. The van der Waals surface area contributed by atoms with Crippen LogP contribution >= 0.6 is 0 Å². The molecule has 4 nitrogen and oxygen atoms in total. The number of likely N-dealkylation sites (N-methyl/N-ethyl adjacent to an activating group) is 1. The predicted octanol–water partition coefficient (Wildman–Crippen LogP) is 1.85. The van der Waals surface area contributed by atoms with Gasteiger partial charge in [-0.25, -0.2) is 0 Å². The Morgan fingerprint density at radius 2 is 2.00 bits per heavy atom. The van der Waals surface area contributed by atoms with E-state index in [1.807, 2.05) is 49.3 Å². The van der Waals surface area contributed by atoms with Crippen LogP contribution in [0, 0.1) is 0 Å². The van der Waals surface area contributed by atoms with Crippen LogP contribution in [0.2, 0.25) is 0 Å². The number of aromatic nitrogens is 1. The second-order valence-corrected chi connectivity index (χ2v) is 5.15. The van der Waals surface area contributed by atoms with Crippen molar-refractivity contribution in [1.29, 1.82) is 0 Å². The Morgan fingerprint density at radius 1 is 1.20 bits per heavy atom. The summed E-state index contributed by atoms with van der Waals surface area (Å²) in [6.45, 7) is 1.55. The quantitative estimate of drug-likeness (QED) is 0.872. The lowest BCUT2D eigenvalue weighted by molar-refractivity contribution is -0.121. The van der Waals surface area contributed by atoms with Gasteiger partial charge in [0.25, 0.3) is 0 Å². The maximum atomic E-state index is 11.7. The molecule has 0 saturated heterocycles. The number of benzene rings is 1. The third-order valence-electron chi connectivity index (χ3n) is 3.15. The van der Waals surface area contributed by atoms with Crippen LogP contribution in [-0.2, 0) is 11.2 Å². The smallest absolute Gasteiger partial charge is 0.220 e. The second-order valence-electron chi connectivity index (χ2n) is 5.15.